The Morgan fingerprint density at radius 3 is 2.56 bits per heavy atom. The standard InChI is InChI=1S/C19H20O5S/c1-3-4-11-24-16-12-13(6-8-15(16)23-2)5-7-14(20)17-9-10-18(25-17)19(21)22/h5-10,12H,3-4,11H2,1-2H3,(H,21,22)/p-1/b7-5+. The molecule has 0 aliphatic rings. The number of ether oxygens (including phenoxy) is 2. The van der Waals surface area contributed by atoms with Crippen molar-refractivity contribution in [2.75, 3.05) is 13.7 Å². The van der Waals surface area contributed by atoms with Gasteiger partial charge in [-0.15, -0.1) is 11.3 Å². The highest BCUT2D eigenvalue weighted by Gasteiger charge is 2.08. The van der Waals surface area contributed by atoms with Crippen LogP contribution in [-0.2, 0) is 0 Å². The molecule has 6 heteroatoms. The van der Waals surface area contributed by atoms with Crippen LogP contribution in [0.25, 0.3) is 6.08 Å². The summed E-state index contributed by atoms with van der Waals surface area (Å²) in [6.07, 6.45) is 5.04. The van der Waals surface area contributed by atoms with Crippen LogP contribution in [0.15, 0.2) is 36.4 Å². The van der Waals surface area contributed by atoms with E-state index in [1.54, 1.807) is 25.3 Å². The molecule has 0 saturated heterocycles. The molecule has 0 amide bonds. The molecule has 0 radical (unpaired) electrons. The number of carbonyl (C=O) groups is 2. The summed E-state index contributed by atoms with van der Waals surface area (Å²) < 4.78 is 11.0. The molecule has 0 aliphatic carbocycles. The summed E-state index contributed by atoms with van der Waals surface area (Å²) in [4.78, 5) is 23.3. The molecule has 2 aromatic rings. The SMILES string of the molecule is CCCCOc1cc(/C=C/C(=O)c2ccc(C(=O)[O-])s2)ccc1OC. The number of hydrogen-bond acceptors (Lipinski definition) is 6. The molecule has 0 atom stereocenters. The van der Waals surface area contributed by atoms with Crippen molar-refractivity contribution in [3.8, 4) is 11.5 Å². The van der Waals surface area contributed by atoms with E-state index in [4.69, 9.17) is 9.47 Å². The fourth-order valence-electron chi connectivity index (χ4n) is 2.07. The van der Waals surface area contributed by atoms with Gasteiger partial charge in [-0.3, -0.25) is 4.79 Å². The minimum absolute atomic E-state index is 0.0350. The zero-order valence-corrected chi connectivity index (χ0v) is 14.9. The maximum Gasteiger partial charge on any atom is 0.195 e. The smallest absolute Gasteiger partial charge is 0.195 e. The third-order valence-electron chi connectivity index (χ3n) is 3.42. The van der Waals surface area contributed by atoms with Crippen molar-refractivity contribution in [1.29, 1.82) is 0 Å². The molecule has 1 heterocycles. The number of allylic oxidation sites excluding steroid dienone is 1. The Bertz CT molecular complexity index is 776. The first kappa shape index (κ1) is 18.7. The summed E-state index contributed by atoms with van der Waals surface area (Å²) in [5.41, 5.74) is 0.789. The van der Waals surface area contributed by atoms with E-state index in [0.29, 0.717) is 23.0 Å². The van der Waals surface area contributed by atoms with Crippen LogP contribution >= 0.6 is 11.3 Å². The number of unbranched alkanes of at least 4 members (excludes halogenated alkanes) is 1. The Morgan fingerprint density at radius 2 is 1.92 bits per heavy atom. The van der Waals surface area contributed by atoms with Gasteiger partial charge in [0.2, 0.25) is 0 Å². The van der Waals surface area contributed by atoms with E-state index in [1.165, 1.54) is 18.2 Å². The molecular weight excluding hydrogens is 340 g/mol. The Hall–Kier alpha value is -2.60. The quantitative estimate of drug-likeness (QED) is 0.390. The molecule has 0 aliphatic heterocycles. The van der Waals surface area contributed by atoms with Crippen LogP contribution in [-0.4, -0.2) is 25.5 Å². The number of rotatable bonds is 9. The number of thiophene rings is 1. The second-order valence-electron chi connectivity index (χ2n) is 5.26. The molecule has 2 rings (SSSR count). The lowest BCUT2D eigenvalue weighted by molar-refractivity contribution is -0.254. The summed E-state index contributed by atoms with van der Waals surface area (Å²) in [6.45, 7) is 2.68. The minimum atomic E-state index is -1.28. The van der Waals surface area contributed by atoms with Gasteiger partial charge in [-0.1, -0.05) is 25.5 Å². The maximum atomic E-state index is 12.1. The average molecular weight is 359 g/mol. The number of ketones is 1. The summed E-state index contributed by atoms with van der Waals surface area (Å²) >= 11 is 0.900. The van der Waals surface area contributed by atoms with E-state index in [1.807, 2.05) is 6.07 Å². The number of carboxylic acids is 1. The topological polar surface area (TPSA) is 75.7 Å². The number of carboxylic acid groups (broad SMARTS) is 1. The van der Waals surface area contributed by atoms with E-state index in [9.17, 15) is 14.7 Å². The highest BCUT2D eigenvalue weighted by molar-refractivity contribution is 7.16. The lowest BCUT2D eigenvalue weighted by atomic mass is 10.1. The van der Waals surface area contributed by atoms with E-state index >= 15 is 0 Å². The molecule has 0 fully saturated rings. The highest BCUT2D eigenvalue weighted by atomic mass is 32.1. The second kappa shape index (κ2) is 9.03. The van der Waals surface area contributed by atoms with Crippen molar-refractivity contribution in [2.45, 2.75) is 19.8 Å². The molecule has 0 bridgehead atoms. The Morgan fingerprint density at radius 1 is 1.16 bits per heavy atom. The summed E-state index contributed by atoms with van der Waals surface area (Å²) in [5, 5.41) is 10.8. The molecule has 0 spiro atoms. The van der Waals surface area contributed by atoms with Crippen molar-refractivity contribution >= 4 is 29.2 Å². The molecule has 1 aromatic heterocycles. The lowest BCUT2D eigenvalue weighted by Crippen LogP contribution is -2.20. The van der Waals surface area contributed by atoms with Gasteiger partial charge < -0.3 is 19.4 Å². The molecule has 0 N–H and O–H groups in total. The van der Waals surface area contributed by atoms with Gasteiger partial charge in [0, 0.05) is 0 Å². The monoisotopic (exact) mass is 359 g/mol. The zero-order valence-electron chi connectivity index (χ0n) is 14.1. The van der Waals surface area contributed by atoms with Gasteiger partial charge in [0.25, 0.3) is 0 Å². The number of methoxy groups -OCH3 is 1. The number of benzene rings is 1. The van der Waals surface area contributed by atoms with Crippen LogP contribution in [0.5, 0.6) is 11.5 Å². The fraction of sp³-hybridized carbons (Fsp3) is 0.263. The van der Waals surface area contributed by atoms with Crippen molar-refractivity contribution in [1.82, 2.24) is 0 Å². The fourth-order valence-corrected chi connectivity index (χ4v) is 2.83. The van der Waals surface area contributed by atoms with Gasteiger partial charge in [-0.2, -0.15) is 0 Å². The second-order valence-corrected chi connectivity index (χ2v) is 6.35. The molecule has 25 heavy (non-hydrogen) atoms. The van der Waals surface area contributed by atoms with Crippen LogP contribution in [0.1, 0.15) is 44.7 Å². The zero-order chi connectivity index (χ0) is 18.2. The van der Waals surface area contributed by atoms with E-state index in [2.05, 4.69) is 6.92 Å². The van der Waals surface area contributed by atoms with Crippen molar-refractivity contribution < 1.29 is 24.2 Å². The number of carbonyl (C=O) groups excluding carboxylic acids is 2. The van der Waals surface area contributed by atoms with Crippen LogP contribution in [0.2, 0.25) is 0 Å². The van der Waals surface area contributed by atoms with E-state index in [0.717, 1.165) is 29.7 Å². The predicted molar refractivity (Wildman–Crippen MR) is 95.4 cm³/mol. The van der Waals surface area contributed by atoms with Crippen LogP contribution in [0, 0.1) is 0 Å². The maximum absolute atomic E-state index is 12.1. The third-order valence-corrected chi connectivity index (χ3v) is 4.50. The van der Waals surface area contributed by atoms with Gasteiger partial charge in [0.05, 0.1) is 29.4 Å². The van der Waals surface area contributed by atoms with E-state index in [-0.39, 0.29) is 10.7 Å². The van der Waals surface area contributed by atoms with Gasteiger partial charge in [0.1, 0.15) is 0 Å². The van der Waals surface area contributed by atoms with Gasteiger partial charge >= 0.3 is 0 Å². The largest absolute Gasteiger partial charge is 0.544 e. The first-order chi connectivity index (χ1) is 12.0. The van der Waals surface area contributed by atoms with Crippen LogP contribution in [0.3, 0.4) is 0 Å². The van der Waals surface area contributed by atoms with Crippen LogP contribution in [0.4, 0.5) is 0 Å². The molecule has 132 valence electrons. The van der Waals surface area contributed by atoms with Gasteiger partial charge in [0.15, 0.2) is 17.3 Å². The minimum Gasteiger partial charge on any atom is -0.544 e. The number of aromatic carboxylic acids is 1. The first-order valence-corrected chi connectivity index (χ1v) is 8.71. The summed E-state index contributed by atoms with van der Waals surface area (Å²) in [5.74, 6) is -0.281. The Balaban J connectivity index is 2.12. The molecule has 0 saturated carbocycles. The van der Waals surface area contributed by atoms with Crippen molar-refractivity contribution in [3.05, 3.63) is 51.7 Å². The predicted octanol–water partition coefficient (Wildman–Crippen LogP) is 3.20. The summed E-state index contributed by atoms with van der Waals surface area (Å²) in [6, 6.07) is 8.25. The third kappa shape index (κ3) is 5.19. The van der Waals surface area contributed by atoms with E-state index < -0.39 is 5.97 Å². The van der Waals surface area contributed by atoms with Crippen molar-refractivity contribution in [2.24, 2.45) is 0 Å². The normalized spacial score (nSPS) is 10.8. The molecule has 5 nitrogen and oxygen atoms in total. The van der Waals surface area contributed by atoms with Gasteiger partial charge in [-0.05, 0) is 42.3 Å². The lowest BCUT2D eigenvalue weighted by Gasteiger charge is -2.11. The highest BCUT2D eigenvalue weighted by Crippen LogP contribution is 2.29. The number of hydrogen-bond donors (Lipinski definition) is 0. The Labute approximate surface area is 150 Å². The molecule has 1 aromatic carbocycles. The summed E-state index contributed by atoms with van der Waals surface area (Å²) in [7, 11) is 1.58. The first-order valence-electron chi connectivity index (χ1n) is 7.89. The van der Waals surface area contributed by atoms with Gasteiger partial charge in [-0.25, -0.2) is 0 Å². The Kier molecular flexibility index (Phi) is 6.77. The molecule has 0 unspecified atom stereocenters. The average Bonchev–Trinajstić information content (AvgIpc) is 3.10. The van der Waals surface area contributed by atoms with Crippen molar-refractivity contribution in [3.63, 3.8) is 0 Å². The van der Waals surface area contributed by atoms with Crippen LogP contribution < -0.4 is 14.6 Å². The molecular formula is C19H19O5S-.